The van der Waals surface area contributed by atoms with E-state index in [-0.39, 0.29) is 12.1 Å². The van der Waals surface area contributed by atoms with Crippen LogP contribution in [0.25, 0.3) is 0 Å². The minimum Gasteiger partial charge on any atom is -0.488 e. The molecule has 2 unspecified atom stereocenters. The van der Waals surface area contributed by atoms with Crippen molar-refractivity contribution >= 4 is 0 Å². The van der Waals surface area contributed by atoms with Crippen molar-refractivity contribution in [2.24, 2.45) is 0 Å². The van der Waals surface area contributed by atoms with E-state index in [4.69, 9.17) is 4.74 Å². The summed E-state index contributed by atoms with van der Waals surface area (Å²) in [4.78, 5) is 0. The van der Waals surface area contributed by atoms with Crippen LogP contribution in [-0.4, -0.2) is 12.6 Å². The molecule has 0 amide bonds. The zero-order chi connectivity index (χ0) is 13.9. The SMILES string of the molecule is CCNC1c2ccccc2CC1Oc1ccc(C)cc1. The third kappa shape index (κ3) is 2.56. The smallest absolute Gasteiger partial charge is 0.122 e. The Morgan fingerprint density at radius 3 is 2.60 bits per heavy atom. The molecule has 0 fully saturated rings. The molecule has 2 aromatic rings. The van der Waals surface area contributed by atoms with E-state index >= 15 is 0 Å². The summed E-state index contributed by atoms with van der Waals surface area (Å²) in [6, 6.07) is 17.2. The second kappa shape index (κ2) is 5.68. The normalized spacial score (nSPS) is 20.7. The molecule has 20 heavy (non-hydrogen) atoms. The average Bonchev–Trinajstić information content (AvgIpc) is 2.80. The quantitative estimate of drug-likeness (QED) is 0.913. The average molecular weight is 267 g/mol. The van der Waals surface area contributed by atoms with Crippen molar-refractivity contribution in [1.82, 2.24) is 5.32 Å². The van der Waals surface area contributed by atoms with Crippen LogP contribution in [0.1, 0.15) is 29.7 Å². The summed E-state index contributed by atoms with van der Waals surface area (Å²) >= 11 is 0. The monoisotopic (exact) mass is 267 g/mol. The second-order valence-corrected chi connectivity index (χ2v) is 5.41. The highest BCUT2D eigenvalue weighted by atomic mass is 16.5. The van der Waals surface area contributed by atoms with Crippen molar-refractivity contribution in [3.63, 3.8) is 0 Å². The van der Waals surface area contributed by atoms with Gasteiger partial charge in [-0.15, -0.1) is 0 Å². The molecule has 2 atom stereocenters. The molecule has 0 spiro atoms. The highest BCUT2D eigenvalue weighted by Gasteiger charge is 2.33. The summed E-state index contributed by atoms with van der Waals surface area (Å²) in [5, 5.41) is 3.56. The molecule has 2 aromatic carbocycles. The summed E-state index contributed by atoms with van der Waals surface area (Å²) < 4.78 is 6.22. The molecule has 2 heteroatoms. The highest BCUT2D eigenvalue weighted by Crippen LogP contribution is 2.34. The van der Waals surface area contributed by atoms with Crippen LogP contribution in [0.15, 0.2) is 48.5 Å². The fourth-order valence-corrected chi connectivity index (χ4v) is 2.92. The largest absolute Gasteiger partial charge is 0.488 e. The number of rotatable bonds is 4. The Bertz CT molecular complexity index is 576. The first kappa shape index (κ1) is 13.2. The molecule has 0 aromatic heterocycles. The third-order valence-electron chi connectivity index (χ3n) is 3.92. The number of ether oxygens (including phenoxy) is 1. The number of likely N-dealkylation sites (N-methyl/N-ethyl adjacent to an activating group) is 1. The van der Waals surface area contributed by atoms with E-state index in [1.165, 1.54) is 16.7 Å². The lowest BCUT2D eigenvalue weighted by Crippen LogP contribution is -2.32. The van der Waals surface area contributed by atoms with Crippen LogP contribution in [-0.2, 0) is 6.42 Å². The van der Waals surface area contributed by atoms with Crippen molar-refractivity contribution in [2.75, 3.05) is 6.54 Å². The van der Waals surface area contributed by atoms with Crippen LogP contribution in [0.5, 0.6) is 5.75 Å². The van der Waals surface area contributed by atoms with Crippen LogP contribution in [0.4, 0.5) is 0 Å². The van der Waals surface area contributed by atoms with Gasteiger partial charge >= 0.3 is 0 Å². The zero-order valence-electron chi connectivity index (χ0n) is 12.1. The van der Waals surface area contributed by atoms with Gasteiger partial charge in [0.05, 0.1) is 6.04 Å². The number of nitrogens with one attached hydrogen (secondary N) is 1. The van der Waals surface area contributed by atoms with E-state index in [1.54, 1.807) is 0 Å². The van der Waals surface area contributed by atoms with Crippen molar-refractivity contribution in [2.45, 2.75) is 32.4 Å². The molecule has 1 aliphatic carbocycles. The van der Waals surface area contributed by atoms with Gasteiger partial charge in [0.25, 0.3) is 0 Å². The van der Waals surface area contributed by atoms with Gasteiger partial charge in [-0.2, -0.15) is 0 Å². The molecule has 3 rings (SSSR count). The number of hydrogen-bond donors (Lipinski definition) is 1. The van der Waals surface area contributed by atoms with Crippen molar-refractivity contribution in [3.8, 4) is 5.75 Å². The van der Waals surface area contributed by atoms with E-state index in [2.05, 4.69) is 67.7 Å². The van der Waals surface area contributed by atoms with Crippen molar-refractivity contribution in [1.29, 1.82) is 0 Å². The van der Waals surface area contributed by atoms with Gasteiger partial charge in [-0.25, -0.2) is 0 Å². The fourth-order valence-electron chi connectivity index (χ4n) is 2.92. The lowest BCUT2D eigenvalue weighted by Gasteiger charge is -2.22. The van der Waals surface area contributed by atoms with E-state index in [0.29, 0.717) is 0 Å². The molecular formula is C18H21NO. The maximum atomic E-state index is 6.22. The molecule has 1 aliphatic rings. The number of benzene rings is 2. The number of hydrogen-bond acceptors (Lipinski definition) is 2. The molecule has 0 saturated carbocycles. The topological polar surface area (TPSA) is 21.3 Å². The maximum Gasteiger partial charge on any atom is 0.122 e. The first-order chi connectivity index (χ1) is 9.78. The van der Waals surface area contributed by atoms with Crippen LogP contribution in [0, 0.1) is 6.92 Å². The van der Waals surface area contributed by atoms with Gasteiger partial charge in [0, 0.05) is 6.42 Å². The molecule has 0 radical (unpaired) electrons. The number of fused-ring (bicyclic) bond motifs is 1. The first-order valence-corrected chi connectivity index (χ1v) is 7.32. The van der Waals surface area contributed by atoms with E-state index in [0.717, 1.165) is 18.7 Å². The Morgan fingerprint density at radius 1 is 1.10 bits per heavy atom. The zero-order valence-corrected chi connectivity index (χ0v) is 12.1. The molecule has 0 aliphatic heterocycles. The Balaban J connectivity index is 1.81. The predicted molar refractivity (Wildman–Crippen MR) is 82.2 cm³/mol. The van der Waals surface area contributed by atoms with Gasteiger partial charge in [0.15, 0.2) is 0 Å². The molecule has 0 saturated heterocycles. The molecule has 2 nitrogen and oxygen atoms in total. The Morgan fingerprint density at radius 2 is 1.85 bits per heavy atom. The summed E-state index contributed by atoms with van der Waals surface area (Å²) in [7, 11) is 0. The molecule has 1 N–H and O–H groups in total. The Kier molecular flexibility index (Phi) is 3.75. The maximum absolute atomic E-state index is 6.22. The van der Waals surface area contributed by atoms with Gasteiger partial charge in [-0.3, -0.25) is 0 Å². The molecular weight excluding hydrogens is 246 g/mol. The van der Waals surface area contributed by atoms with Crippen LogP contribution < -0.4 is 10.1 Å². The van der Waals surface area contributed by atoms with Gasteiger partial charge < -0.3 is 10.1 Å². The van der Waals surface area contributed by atoms with Gasteiger partial charge in [-0.05, 0) is 36.7 Å². The standard InChI is InChI=1S/C18H21NO/c1-3-19-18-16-7-5-4-6-14(16)12-17(18)20-15-10-8-13(2)9-11-15/h4-11,17-19H,3,12H2,1-2H3. The predicted octanol–water partition coefficient (Wildman–Crippen LogP) is 3.65. The Hall–Kier alpha value is -1.80. The van der Waals surface area contributed by atoms with Crippen LogP contribution >= 0.6 is 0 Å². The first-order valence-electron chi connectivity index (χ1n) is 7.32. The van der Waals surface area contributed by atoms with E-state index < -0.39 is 0 Å². The minimum atomic E-state index is 0.176. The van der Waals surface area contributed by atoms with Gasteiger partial charge in [0.2, 0.25) is 0 Å². The molecule has 0 heterocycles. The summed E-state index contributed by atoms with van der Waals surface area (Å²) in [5.74, 6) is 0.955. The van der Waals surface area contributed by atoms with Gasteiger partial charge in [0.1, 0.15) is 11.9 Å². The van der Waals surface area contributed by atoms with Crippen molar-refractivity contribution < 1.29 is 4.74 Å². The molecule has 104 valence electrons. The summed E-state index contributed by atoms with van der Waals surface area (Å²) in [6.07, 6.45) is 1.15. The van der Waals surface area contributed by atoms with E-state index in [1.807, 2.05) is 0 Å². The lowest BCUT2D eigenvalue weighted by molar-refractivity contribution is 0.168. The second-order valence-electron chi connectivity index (χ2n) is 5.41. The fraction of sp³-hybridized carbons (Fsp3) is 0.333. The van der Waals surface area contributed by atoms with Gasteiger partial charge in [-0.1, -0.05) is 48.9 Å². The van der Waals surface area contributed by atoms with Crippen molar-refractivity contribution in [3.05, 3.63) is 65.2 Å². The molecule has 0 bridgehead atoms. The summed E-state index contributed by atoms with van der Waals surface area (Å²) in [5.41, 5.74) is 4.04. The third-order valence-corrected chi connectivity index (χ3v) is 3.92. The number of aryl methyl sites for hydroxylation is 1. The lowest BCUT2D eigenvalue weighted by atomic mass is 10.1. The van der Waals surface area contributed by atoms with Crippen LogP contribution in [0.2, 0.25) is 0 Å². The minimum absolute atomic E-state index is 0.176. The summed E-state index contributed by atoms with van der Waals surface area (Å²) in [6.45, 7) is 5.19. The highest BCUT2D eigenvalue weighted by molar-refractivity contribution is 5.37. The van der Waals surface area contributed by atoms with Crippen LogP contribution in [0.3, 0.4) is 0 Å². The van der Waals surface area contributed by atoms with E-state index in [9.17, 15) is 0 Å². The Labute approximate surface area is 120 Å².